The van der Waals surface area contributed by atoms with Crippen LogP contribution in [0.3, 0.4) is 0 Å². The predicted octanol–water partition coefficient (Wildman–Crippen LogP) is 3.06. The standard InChI is InChI=1S/C25H31N5O/c1-31-25-9-8-19(11-22(25)15-30-18-26-17-28-30)14-27-23-7-4-10-29(16-23)24-12-20-5-2-3-6-21(20)13-24/h2-3,5-6,8-9,11,17-18,23-24,27H,4,7,10,12-16H2,1H3/t23-/m1/s1. The largest absolute Gasteiger partial charge is 0.496 e. The summed E-state index contributed by atoms with van der Waals surface area (Å²) in [5.41, 5.74) is 5.49. The average Bonchev–Trinajstić information content (AvgIpc) is 3.48. The molecule has 1 atom stereocenters. The number of ether oxygens (including phenoxy) is 1. The van der Waals surface area contributed by atoms with E-state index in [2.05, 4.69) is 62.8 Å². The molecule has 0 radical (unpaired) electrons. The van der Waals surface area contributed by atoms with E-state index >= 15 is 0 Å². The maximum atomic E-state index is 5.55. The number of piperidine rings is 1. The molecule has 0 spiro atoms. The molecule has 1 fully saturated rings. The molecular formula is C25H31N5O. The van der Waals surface area contributed by atoms with E-state index in [0.717, 1.165) is 24.4 Å². The van der Waals surface area contributed by atoms with Crippen molar-refractivity contribution in [3.8, 4) is 5.75 Å². The second-order valence-electron chi connectivity index (χ2n) is 8.79. The monoisotopic (exact) mass is 417 g/mol. The third-order valence-corrected chi connectivity index (χ3v) is 6.74. The first-order chi connectivity index (χ1) is 15.3. The Morgan fingerprint density at radius 3 is 2.71 bits per heavy atom. The Morgan fingerprint density at radius 1 is 1.13 bits per heavy atom. The van der Waals surface area contributed by atoms with Gasteiger partial charge in [-0.15, -0.1) is 0 Å². The molecule has 31 heavy (non-hydrogen) atoms. The second-order valence-corrected chi connectivity index (χ2v) is 8.79. The number of benzene rings is 2. The maximum Gasteiger partial charge on any atom is 0.137 e. The van der Waals surface area contributed by atoms with Gasteiger partial charge in [0.1, 0.15) is 18.4 Å². The quantitative estimate of drug-likeness (QED) is 0.640. The van der Waals surface area contributed by atoms with Crippen molar-refractivity contribution in [1.29, 1.82) is 0 Å². The first-order valence-electron chi connectivity index (χ1n) is 11.3. The molecule has 2 heterocycles. The third kappa shape index (κ3) is 4.65. The summed E-state index contributed by atoms with van der Waals surface area (Å²) in [4.78, 5) is 6.75. The molecule has 1 aliphatic carbocycles. The van der Waals surface area contributed by atoms with Crippen LogP contribution in [0.4, 0.5) is 0 Å². The minimum absolute atomic E-state index is 0.540. The van der Waals surface area contributed by atoms with Crippen molar-refractivity contribution in [3.63, 3.8) is 0 Å². The van der Waals surface area contributed by atoms with Crippen LogP contribution in [0.1, 0.15) is 35.1 Å². The zero-order valence-corrected chi connectivity index (χ0v) is 18.2. The molecular weight excluding hydrogens is 386 g/mol. The van der Waals surface area contributed by atoms with Crippen molar-refractivity contribution < 1.29 is 4.74 Å². The second kappa shape index (κ2) is 9.20. The molecule has 0 saturated carbocycles. The van der Waals surface area contributed by atoms with Gasteiger partial charge in [0.05, 0.1) is 13.7 Å². The molecule has 1 aromatic heterocycles. The fourth-order valence-corrected chi connectivity index (χ4v) is 5.12. The summed E-state index contributed by atoms with van der Waals surface area (Å²) in [7, 11) is 1.72. The van der Waals surface area contributed by atoms with Gasteiger partial charge in [-0.3, -0.25) is 4.90 Å². The van der Waals surface area contributed by atoms with E-state index in [0.29, 0.717) is 18.6 Å². The Bertz CT molecular complexity index is 978. The molecule has 0 unspecified atom stereocenters. The highest BCUT2D eigenvalue weighted by Gasteiger charge is 2.30. The van der Waals surface area contributed by atoms with Crippen LogP contribution in [-0.4, -0.2) is 51.9 Å². The Labute approximate surface area is 184 Å². The van der Waals surface area contributed by atoms with Gasteiger partial charge in [0.25, 0.3) is 0 Å². The zero-order chi connectivity index (χ0) is 21.0. The Hall–Kier alpha value is -2.70. The summed E-state index contributed by atoms with van der Waals surface area (Å²) in [5, 5.41) is 8.04. The van der Waals surface area contributed by atoms with Crippen LogP contribution in [0.5, 0.6) is 5.75 Å². The summed E-state index contributed by atoms with van der Waals surface area (Å²) in [6, 6.07) is 16.6. The lowest BCUT2D eigenvalue weighted by atomic mass is 10.0. The lowest BCUT2D eigenvalue weighted by Crippen LogP contribution is -2.49. The maximum absolute atomic E-state index is 5.55. The molecule has 1 aliphatic heterocycles. The lowest BCUT2D eigenvalue weighted by molar-refractivity contribution is 0.140. The fourth-order valence-electron chi connectivity index (χ4n) is 5.12. The number of fused-ring (bicyclic) bond motifs is 1. The van der Waals surface area contributed by atoms with E-state index in [4.69, 9.17) is 4.74 Å². The lowest BCUT2D eigenvalue weighted by Gasteiger charge is -2.37. The molecule has 1 saturated heterocycles. The number of rotatable bonds is 7. The number of hydrogen-bond acceptors (Lipinski definition) is 5. The van der Waals surface area contributed by atoms with Crippen molar-refractivity contribution in [2.75, 3.05) is 20.2 Å². The van der Waals surface area contributed by atoms with Gasteiger partial charge < -0.3 is 10.1 Å². The number of nitrogens with one attached hydrogen (secondary N) is 1. The first-order valence-corrected chi connectivity index (χ1v) is 11.3. The van der Waals surface area contributed by atoms with Crippen LogP contribution in [0.25, 0.3) is 0 Å². The fraction of sp³-hybridized carbons (Fsp3) is 0.440. The van der Waals surface area contributed by atoms with E-state index in [1.165, 1.54) is 37.8 Å². The SMILES string of the molecule is COc1ccc(CN[C@@H]2CCCN(C3Cc4ccccc4C3)C2)cc1Cn1cncn1. The van der Waals surface area contributed by atoms with Crippen LogP contribution >= 0.6 is 0 Å². The molecule has 2 aliphatic rings. The van der Waals surface area contributed by atoms with Gasteiger partial charge in [0.15, 0.2) is 0 Å². The number of methoxy groups -OCH3 is 1. The highest BCUT2D eigenvalue weighted by Crippen LogP contribution is 2.27. The van der Waals surface area contributed by atoms with Gasteiger partial charge in [-0.05, 0) is 61.1 Å². The van der Waals surface area contributed by atoms with E-state index in [1.54, 1.807) is 30.9 Å². The molecule has 3 aromatic rings. The van der Waals surface area contributed by atoms with Crippen LogP contribution in [0.2, 0.25) is 0 Å². The minimum atomic E-state index is 0.540. The average molecular weight is 418 g/mol. The Kier molecular flexibility index (Phi) is 6.00. The summed E-state index contributed by atoms with van der Waals surface area (Å²) >= 11 is 0. The number of hydrogen-bond donors (Lipinski definition) is 1. The van der Waals surface area contributed by atoms with Gasteiger partial charge in [-0.1, -0.05) is 30.3 Å². The summed E-state index contributed by atoms with van der Waals surface area (Å²) in [5.74, 6) is 0.892. The van der Waals surface area contributed by atoms with E-state index in [9.17, 15) is 0 Å². The van der Waals surface area contributed by atoms with Gasteiger partial charge in [-0.2, -0.15) is 5.10 Å². The Morgan fingerprint density at radius 2 is 1.97 bits per heavy atom. The van der Waals surface area contributed by atoms with Gasteiger partial charge >= 0.3 is 0 Å². The molecule has 0 bridgehead atoms. The number of nitrogens with zero attached hydrogens (tertiary/aromatic N) is 4. The molecule has 6 nitrogen and oxygen atoms in total. The number of aromatic nitrogens is 3. The highest BCUT2D eigenvalue weighted by molar-refractivity contribution is 5.37. The first kappa shape index (κ1) is 20.2. The molecule has 0 amide bonds. The minimum Gasteiger partial charge on any atom is -0.496 e. The normalized spacial score (nSPS) is 19.5. The summed E-state index contributed by atoms with van der Waals surface area (Å²) in [6.07, 6.45) is 8.22. The van der Waals surface area contributed by atoms with Crippen molar-refractivity contribution in [2.24, 2.45) is 0 Å². The smallest absolute Gasteiger partial charge is 0.137 e. The predicted molar refractivity (Wildman–Crippen MR) is 121 cm³/mol. The van der Waals surface area contributed by atoms with Gasteiger partial charge in [0.2, 0.25) is 0 Å². The van der Waals surface area contributed by atoms with Crippen LogP contribution < -0.4 is 10.1 Å². The number of likely N-dealkylation sites (tertiary alicyclic amines) is 1. The van der Waals surface area contributed by atoms with Crippen molar-refractivity contribution in [2.45, 2.75) is 50.9 Å². The van der Waals surface area contributed by atoms with Crippen LogP contribution in [-0.2, 0) is 25.9 Å². The van der Waals surface area contributed by atoms with E-state index < -0.39 is 0 Å². The molecule has 1 N–H and O–H groups in total. The van der Waals surface area contributed by atoms with E-state index in [-0.39, 0.29) is 0 Å². The molecule has 162 valence electrons. The summed E-state index contributed by atoms with van der Waals surface area (Å²) < 4.78 is 7.38. The highest BCUT2D eigenvalue weighted by atomic mass is 16.5. The van der Waals surface area contributed by atoms with Crippen LogP contribution in [0.15, 0.2) is 55.1 Å². The molecule has 5 rings (SSSR count). The topological polar surface area (TPSA) is 55.2 Å². The zero-order valence-electron chi connectivity index (χ0n) is 18.2. The van der Waals surface area contributed by atoms with Gasteiger partial charge in [-0.25, -0.2) is 9.67 Å². The van der Waals surface area contributed by atoms with Crippen molar-refractivity contribution in [1.82, 2.24) is 25.0 Å². The van der Waals surface area contributed by atoms with Crippen LogP contribution in [0, 0.1) is 0 Å². The molecule has 6 heteroatoms. The van der Waals surface area contributed by atoms with Crippen molar-refractivity contribution >= 4 is 0 Å². The van der Waals surface area contributed by atoms with Gasteiger partial charge in [0, 0.05) is 30.7 Å². The van der Waals surface area contributed by atoms with Crippen molar-refractivity contribution in [3.05, 3.63) is 77.4 Å². The third-order valence-electron chi connectivity index (χ3n) is 6.74. The van der Waals surface area contributed by atoms with E-state index in [1.807, 2.05) is 4.68 Å². The summed E-state index contributed by atoms with van der Waals surface area (Å²) in [6.45, 7) is 3.90. The molecule has 2 aromatic carbocycles. The Balaban J connectivity index is 1.19.